The van der Waals surface area contributed by atoms with Crippen LogP contribution in [0.3, 0.4) is 0 Å². The first kappa shape index (κ1) is 11.8. The van der Waals surface area contributed by atoms with Gasteiger partial charge in [-0.25, -0.2) is 4.98 Å². The Morgan fingerprint density at radius 1 is 1.35 bits per heavy atom. The Hall–Kier alpha value is -1.69. The van der Waals surface area contributed by atoms with E-state index in [0.29, 0.717) is 11.7 Å². The number of rotatable bonds is 6. The van der Waals surface area contributed by atoms with Gasteiger partial charge >= 0.3 is 0 Å². The van der Waals surface area contributed by atoms with Crippen molar-refractivity contribution in [1.82, 2.24) is 25.0 Å². The molecule has 0 radical (unpaired) electrons. The minimum absolute atomic E-state index is 0.687. The van der Waals surface area contributed by atoms with E-state index in [1.807, 2.05) is 30.9 Å². The van der Waals surface area contributed by atoms with E-state index in [2.05, 4.69) is 20.4 Å². The van der Waals surface area contributed by atoms with Crippen molar-refractivity contribution in [3.8, 4) is 0 Å². The summed E-state index contributed by atoms with van der Waals surface area (Å²) in [5.41, 5.74) is 0. The number of hydrogen-bond acceptors (Lipinski definition) is 5. The molecule has 2 heterocycles. The van der Waals surface area contributed by atoms with Gasteiger partial charge in [-0.15, -0.1) is 0 Å². The third kappa shape index (κ3) is 3.39. The van der Waals surface area contributed by atoms with Crippen LogP contribution in [-0.4, -0.2) is 32.8 Å². The van der Waals surface area contributed by atoms with Crippen molar-refractivity contribution in [1.29, 1.82) is 0 Å². The predicted molar refractivity (Wildman–Crippen MR) is 62.5 cm³/mol. The highest BCUT2D eigenvalue weighted by molar-refractivity contribution is 4.91. The first-order chi connectivity index (χ1) is 8.25. The van der Waals surface area contributed by atoms with Gasteiger partial charge in [-0.1, -0.05) is 5.16 Å². The van der Waals surface area contributed by atoms with Crippen LogP contribution in [-0.2, 0) is 19.9 Å². The van der Waals surface area contributed by atoms with Gasteiger partial charge in [-0.3, -0.25) is 0 Å². The quantitative estimate of drug-likeness (QED) is 0.738. The Morgan fingerprint density at radius 2 is 2.18 bits per heavy atom. The van der Waals surface area contributed by atoms with Crippen LogP contribution in [0.2, 0.25) is 0 Å². The Balaban J connectivity index is 1.62. The summed E-state index contributed by atoms with van der Waals surface area (Å²) < 4.78 is 7.05. The van der Waals surface area contributed by atoms with Crippen LogP contribution < -0.4 is 5.32 Å². The van der Waals surface area contributed by atoms with E-state index in [4.69, 9.17) is 4.52 Å². The lowest BCUT2D eigenvalue weighted by Crippen LogP contribution is -2.21. The van der Waals surface area contributed by atoms with Gasteiger partial charge in [-0.2, -0.15) is 4.98 Å². The molecule has 0 saturated carbocycles. The fraction of sp³-hybridized carbons (Fsp3) is 0.545. The molecule has 2 rings (SSSR count). The van der Waals surface area contributed by atoms with Gasteiger partial charge in [0.1, 0.15) is 5.82 Å². The second kappa shape index (κ2) is 5.58. The monoisotopic (exact) mass is 235 g/mol. The summed E-state index contributed by atoms with van der Waals surface area (Å²) in [6.07, 6.45) is 5.46. The zero-order valence-electron chi connectivity index (χ0n) is 10.2. The minimum atomic E-state index is 0.687. The molecular formula is C11H17N5O. The molecule has 0 aliphatic carbocycles. The lowest BCUT2D eigenvalue weighted by atomic mass is 10.3. The Bertz CT molecular complexity index is 462. The normalized spacial score (nSPS) is 10.9. The first-order valence-electron chi connectivity index (χ1n) is 5.72. The van der Waals surface area contributed by atoms with E-state index in [1.165, 1.54) is 0 Å². The first-order valence-corrected chi connectivity index (χ1v) is 5.72. The number of aromatic nitrogens is 4. The number of hydrogen-bond donors (Lipinski definition) is 1. The van der Waals surface area contributed by atoms with Gasteiger partial charge < -0.3 is 14.4 Å². The third-order valence-corrected chi connectivity index (χ3v) is 2.53. The molecule has 0 aliphatic heterocycles. The summed E-state index contributed by atoms with van der Waals surface area (Å²) in [4.78, 5) is 8.40. The minimum Gasteiger partial charge on any atom is -0.339 e. The average molecular weight is 235 g/mol. The topological polar surface area (TPSA) is 68.8 Å². The van der Waals surface area contributed by atoms with E-state index in [1.54, 1.807) is 0 Å². The van der Waals surface area contributed by atoms with E-state index in [-0.39, 0.29) is 0 Å². The lowest BCUT2D eigenvalue weighted by Gasteiger charge is -2.03. The van der Waals surface area contributed by atoms with Crippen molar-refractivity contribution in [2.45, 2.75) is 19.8 Å². The van der Waals surface area contributed by atoms with E-state index < -0.39 is 0 Å². The van der Waals surface area contributed by atoms with E-state index in [0.717, 1.165) is 31.8 Å². The van der Waals surface area contributed by atoms with Crippen molar-refractivity contribution in [3.05, 3.63) is 29.9 Å². The smallest absolute Gasteiger partial charge is 0.227 e. The van der Waals surface area contributed by atoms with Gasteiger partial charge in [0.15, 0.2) is 5.82 Å². The van der Waals surface area contributed by atoms with Crippen molar-refractivity contribution in [3.63, 3.8) is 0 Å². The lowest BCUT2D eigenvalue weighted by molar-refractivity contribution is 0.372. The summed E-state index contributed by atoms with van der Waals surface area (Å²) in [5, 5.41) is 7.07. The molecule has 0 unspecified atom stereocenters. The van der Waals surface area contributed by atoms with Crippen molar-refractivity contribution in [2.24, 2.45) is 7.05 Å². The van der Waals surface area contributed by atoms with Crippen LogP contribution in [0.5, 0.6) is 0 Å². The van der Waals surface area contributed by atoms with Gasteiger partial charge in [0.2, 0.25) is 5.89 Å². The van der Waals surface area contributed by atoms with Gasteiger partial charge in [0.25, 0.3) is 0 Å². The second-order valence-electron chi connectivity index (χ2n) is 3.94. The summed E-state index contributed by atoms with van der Waals surface area (Å²) in [7, 11) is 2.00. The molecule has 6 nitrogen and oxygen atoms in total. The van der Waals surface area contributed by atoms with Crippen LogP contribution in [0.1, 0.15) is 17.5 Å². The van der Waals surface area contributed by atoms with Crippen LogP contribution in [0.4, 0.5) is 0 Å². The fourth-order valence-corrected chi connectivity index (χ4v) is 1.60. The maximum atomic E-state index is 5.02. The largest absolute Gasteiger partial charge is 0.339 e. The zero-order chi connectivity index (χ0) is 12.1. The molecule has 0 aromatic carbocycles. The molecule has 1 N–H and O–H groups in total. The Kier molecular flexibility index (Phi) is 3.87. The maximum Gasteiger partial charge on any atom is 0.227 e. The van der Waals surface area contributed by atoms with Gasteiger partial charge in [0.05, 0.1) is 0 Å². The molecule has 0 spiro atoms. The SMILES string of the molecule is Cc1noc(CCNCCc2nccn2C)n1. The van der Waals surface area contributed by atoms with E-state index >= 15 is 0 Å². The zero-order valence-corrected chi connectivity index (χ0v) is 10.2. The van der Waals surface area contributed by atoms with Crippen LogP contribution >= 0.6 is 0 Å². The summed E-state index contributed by atoms with van der Waals surface area (Å²) in [6, 6.07) is 0. The molecule has 0 amide bonds. The number of nitrogens with zero attached hydrogens (tertiary/aromatic N) is 4. The molecule has 17 heavy (non-hydrogen) atoms. The molecule has 0 atom stereocenters. The van der Waals surface area contributed by atoms with Crippen molar-refractivity contribution in [2.75, 3.05) is 13.1 Å². The molecule has 2 aromatic heterocycles. The highest BCUT2D eigenvalue weighted by Crippen LogP contribution is 1.96. The van der Waals surface area contributed by atoms with Crippen LogP contribution in [0.15, 0.2) is 16.9 Å². The summed E-state index contributed by atoms with van der Waals surface area (Å²) in [6.45, 7) is 3.56. The Morgan fingerprint density at radius 3 is 2.82 bits per heavy atom. The number of nitrogens with one attached hydrogen (secondary N) is 1. The van der Waals surface area contributed by atoms with Crippen LogP contribution in [0, 0.1) is 6.92 Å². The van der Waals surface area contributed by atoms with Gasteiger partial charge in [-0.05, 0) is 6.92 Å². The highest BCUT2D eigenvalue weighted by atomic mass is 16.5. The highest BCUT2D eigenvalue weighted by Gasteiger charge is 2.02. The summed E-state index contributed by atoms with van der Waals surface area (Å²) >= 11 is 0. The average Bonchev–Trinajstić information content (AvgIpc) is 2.88. The molecule has 6 heteroatoms. The van der Waals surface area contributed by atoms with Crippen LogP contribution in [0.25, 0.3) is 0 Å². The predicted octanol–water partition coefficient (Wildman–Crippen LogP) is 0.486. The fourth-order valence-electron chi connectivity index (χ4n) is 1.60. The standard InChI is InChI=1S/C11H17N5O/c1-9-14-11(17-15-9)4-6-12-5-3-10-13-7-8-16(10)2/h7-8,12H,3-6H2,1-2H3. The summed E-state index contributed by atoms with van der Waals surface area (Å²) in [5.74, 6) is 2.46. The van der Waals surface area contributed by atoms with Gasteiger partial charge in [0, 0.05) is 45.4 Å². The molecule has 2 aromatic rings. The van der Waals surface area contributed by atoms with Crippen molar-refractivity contribution >= 4 is 0 Å². The maximum absolute atomic E-state index is 5.02. The Labute approximate surface area is 100 Å². The molecule has 0 fully saturated rings. The molecule has 92 valence electrons. The second-order valence-corrected chi connectivity index (χ2v) is 3.94. The molecule has 0 aliphatic rings. The number of aryl methyl sites for hydroxylation is 2. The molecule has 0 bridgehead atoms. The van der Waals surface area contributed by atoms with E-state index in [9.17, 15) is 0 Å². The number of imidazole rings is 1. The van der Waals surface area contributed by atoms with Crippen molar-refractivity contribution < 1.29 is 4.52 Å². The third-order valence-electron chi connectivity index (χ3n) is 2.53. The molecular weight excluding hydrogens is 218 g/mol. The molecule has 0 saturated heterocycles.